The predicted octanol–water partition coefficient (Wildman–Crippen LogP) is 4.57. The SMILES string of the molecule is COc1cc2c(c3oc(-c4ccccc4)cc(=O)c13)CCC(C)(C)O2. The smallest absolute Gasteiger partial charge is 0.197 e. The lowest BCUT2D eigenvalue weighted by Crippen LogP contribution is -2.32. The van der Waals surface area contributed by atoms with Gasteiger partial charge in [-0.05, 0) is 26.7 Å². The van der Waals surface area contributed by atoms with Crippen molar-refractivity contribution in [2.24, 2.45) is 0 Å². The zero-order valence-corrected chi connectivity index (χ0v) is 14.6. The van der Waals surface area contributed by atoms with E-state index in [0.717, 1.165) is 29.7 Å². The quantitative estimate of drug-likeness (QED) is 0.688. The first-order valence-electron chi connectivity index (χ1n) is 8.41. The van der Waals surface area contributed by atoms with Gasteiger partial charge < -0.3 is 13.9 Å². The van der Waals surface area contributed by atoms with Crippen LogP contribution in [-0.2, 0) is 6.42 Å². The van der Waals surface area contributed by atoms with Gasteiger partial charge >= 0.3 is 0 Å². The average Bonchev–Trinajstić information content (AvgIpc) is 2.60. The highest BCUT2D eigenvalue weighted by Gasteiger charge is 2.30. The van der Waals surface area contributed by atoms with Crippen LogP contribution in [0, 0.1) is 0 Å². The second-order valence-electron chi connectivity index (χ2n) is 6.96. The van der Waals surface area contributed by atoms with E-state index < -0.39 is 0 Å². The number of methoxy groups -OCH3 is 1. The summed E-state index contributed by atoms with van der Waals surface area (Å²) >= 11 is 0. The van der Waals surface area contributed by atoms with E-state index in [1.807, 2.05) is 30.3 Å². The molecule has 4 rings (SSSR count). The van der Waals surface area contributed by atoms with Crippen molar-refractivity contribution in [3.63, 3.8) is 0 Å². The van der Waals surface area contributed by atoms with Crippen LogP contribution in [0.15, 0.2) is 51.7 Å². The van der Waals surface area contributed by atoms with E-state index in [4.69, 9.17) is 13.9 Å². The Labute approximate surface area is 146 Å². The first-order chi connectivity index (χ1) is 12.0. The largest absolute Gasteiger partial charge is 0.496 e. The van der Waals surface area contributed by atoms with Crippen LogP contribution in [0.5, 0.6) is 11.5 Å². The Kier molecular flexibility index (Phi) is 3.57. The van der Waals surface area contributed by atoms with Gasteiger partial charge in [-0.2, -0.15) is 0 Å². The zero-order chi connectivity index (χ0) is 17.6. The molecule has 0 radical (unpaired) electrons. The molecule has 0 unspecified atom stereocenters. The number of rotatable bonds is 2. The Hall–Kier alpha value is -2.75. The molecule has 0 atom stereocenters. The third kappa shape index (κ3) is 2.68. The fraction of sp³-hybridized carbons (Fsp3) is 0.286. The molecule has 0 fully saturated rings. The molecule has 4 nitrogen and oxygen atoms in total. The highest BCUT2D eigenvalue weighted by Crippen LogP contribution is 2.41. The molecule has 128 valence electrons. The van der Waals surface area contributed by atoms with E-state index in [2.05, 4.69) is 13.8 Å². The van der Waals surface area contributed by atoms with E-state index in [1.165, 1.54) is 6.07 Å². The zero-order valence-electron chi connectivity index (χ0n) is 14.6. The highest BCUT2D eigenvalue weighted by molar-refractivity contribution is 5.89. The minimum Gasteiger partial charge on any atom is -0.496 e. The van der Waals surface area contributed by atoms with Crippen LogP contribution in [0.4, 0.5) is 0 Å². The monoisotopic (exact) mass is 336 g/mol. The fourth-order valence-electron chi connectivity index (χ4n) is 3.34. The molecule has 4 heteroatoms. The van der Waals surface area contributed by atoms with Gasteiger partial charge in [-0.3, -0.25) is 4.79 Å². The van der Waals surface area contributed by atoms with Crippen LogP contribution in [0.3, 0.4) is 0 Å². The predicted molar refractivity (Wildman–Crippen MR) is 97.5 cm³/mol. The Morgan fingerprint density at radius 1 is 1.12 bits per heavy atom. The van der Waals surface area contributed by atoms with Gasteiger partial charge in [-0.25, -0.2) is 0 Å². The number of hydrogen-bond donors (Lipinski definition) is 0. The lowest BCUT2D eigenvalue weighted by atomic mass is 9.92. The molecule has 0 amide bonds. The van der Waals surface area contributed by atoms with Crippen LogP contribution >= 0.6 is 0 Å². The minimum atomic E-state index is -0.247. The van der Waals surface area contributed by atoms with Crippen molar-refractivity contribution < 1.29 is 13.9 Å². The topological polar surface area (TPSA) is 48.7 Å². The lowest BCUT2D eigenvalue weighted by molar-refractivity contribution is 0.0846. The van der Waals surface area contributed by atoms with Gasteiger partial charge in [-0.15, -0.1) is 0 Å². The maximum absolute atomic E-state index is 12.8. The van der Waals surface area contributed by atoms with Crippen molar-refractivity contribution in [1.29, 1.82) is 0 Å². The van der Waals surface area contributed by atoms with Crippen molar-refractivity contribution in [2.75, 3.05) is 7.11 Å². The van der Waals surface area contributed by atoms with Crippen molar-refractivity contribution in [3.05, 3.63) is 58.3 Å². The third-order valence-electron chi connectivity index (χ3n) is 4.67. The van der Waals surface area contributed by atoms with E-state index in [-0.39, 0.29) is 11.0 Å². The Morgan fingerprint density at radius 3 is 2.60 bits per heavy atom. The van der Waals surface area contributed by atoms with E-state index in [9.17, 15) is 4.79 Å². The molecule has 2 heterocycles. The van der Waals surface area contributed by atoms with E-state index in [0.29, 0.717) is 22.5 Å². The van der Waals surface area contributed by atoms with Crippen LogP contribution < -0.4 is 14.9 Å². The number of benzene rings is 2. The summed E-state index contributed by atoms with van der Waals surface area (Å²) in [5.74, 6) is 1.77. The molecular weight excluding hydrogens is 316 g/mol. The van der Waals surface area contributed by atoms with Crippen LogP contribution in [-0.4, -0.2) is 12.7 Å². The Balaban J connectivity index is 2.03. The lowest BCUT2D eigenvalue weighted by Gasteiger charge is -2.33. The summed E-state index contributed by atoms with van der Waals surface area (Å²) in [6.07, 6.45) is 1.66. The first-order valence-corrected chi connectivity index (χ1v) is 8.41. The van der Waals surface area contributed by atoms with Gasteiger partial charge in [0.05, 0.1) is 7.11 Å². The normalized spacial score (nSPS) is 15.5. The van der Waals surface area contributed by atoms with Crippen LogP contribution in [0.2, 0.25) is 0 Å². The summed E-state index contributed by atoms with van der Waals surface area (Å²) in [5.41, 5.74) is 2.02. The van der Waals surface area contributed by atoms with Crippen LogP contribution in [0.25, 0.3) is 22.3 Å². The molecule has 0 bridgehead atoms. The molecule has 25 heavy (non-hydrogen) atoms. The van der Waals surface area contributed by atoms with Crippen molar-refractivity contribution in [2.45, 2.75) is 32.3 Å². The van der Waals surface area contributed by atoms with E-state index >= 15 is 0 Å². The number of fused-ring (bicyclic) bond motifs is 3. The minimum absolute atomic E-state index is 0.107. The summed E-state index contributed by atoms with van der Waals surface area (Å²) in [6, 6.07) is 13.0. The van der Waals surface area contributed by atoms with Gasteiger partial charge in [-0.1, -0.05) is 30.3 Å². The number of aryl methyl sites for hydroxylation is 1. The summed E-state index contributed by atoms with van der Waals surface area (Å²) < 4.78 is 17.7. The van der Waals surface area contributed by atoms with Gasteiger partial charge in [0.2, 0.25) is 0 Å². The van der Waals surface area contributed by atoms with Gasteiger partial charge in [0.1, 0.15) is 33.8 Å². The molecule has 1 aromatic heterocycles. The standard InChI is InChI=1S/C21H20O4/c1-21(2)10-9-14-17(25-21)12-18(23-3)19-15(22)11-16(24-20(14)19)13-7-5-4-6-8-13/h4-8,11-12H,9-10H2,1-3H3. The second kappa shape index (κ2) is 5.66. The summed E-state index contributed by atoms with van der Waals surface area (Å²) in [6.45, 7) is 4.12. The van der Waals surface area contributed by atoms with Crippen molar-refractivity contribution in [1.82, 2.24) is 0 Å². The summed E-state index contributed by atoms with van der Waals surface area (Å²) in [5, 5.41) is 0.476. The summed E-state index contributed by atoms with van der Waals surface area (Å²) in [4.78, 5) is 12.8. The molecule has 0 saturated carbocycles. The van der Waals surface area contributed by atoms with Gasteiger partial charge in [0.25, 0.3) is 0 Å². The third-order valence-corrected chi connectivity index (χ3v) is 4.67. The van der Waals surface area contributed by atoms with Gasteiger partial charge in [0.15, 0.2) is 5.43 Å². The maximum Gasteiger partial charge on any atom is 0.197 e. The first kappa shape index (κ1) is 15.8. The van der Waals surface area contributed by atoms with Crippen molar-refractivity contribution in [3.8, 4) is 22.8 Å². The molecule has 3 aromatic rings. The molecule has 0 aliphatic carbocycles. The molecule has 1 aliphatic rings. The van der Waals surface area contributed by atoms with Crippen LogP contribution in [0.1, 0.15) is 25.8 Å². The molecular formula is C21H20O4. The molecule has 2 aromatic carbocycles. The fourth-order valence-corrected chi connectivity index (χ4v) is 3.34. The molecule has 0 saturated heterocycles. The molecule has 0 N–H and O–H groups in total. The molecule has 1 aliphatic heterocycles. The number of ether oxygens (including phenoxy) is 2. The second-order valence-corrected chi connectivity index (χ2v) is 6.96. The van der Waals surface area contributed by atoms with Crippen molar-refractivity contribution >= 4 is 11.0 Å². The van der Waals surface area contributed by atoms with E-state index in [1.54, 1.807) is 13.2 Å². The average molecular weight is 336 g/mol. The number of hydrogen-bond acceptors (Lipinski definition) is 4. The Bertz CT molecular complexity index is 1000. The Morgan fingerprint density at radius 2 is 1.88 bits per heavy atom. The summed E-state index contributed by atoms with van der Waals surface area (Å²) in [7, 11) is 1.56. The molecule has 0 spiro atoms. The maximum atomic E-state index is 12.8. The highest BCUT2D eigenvalue weighted by atomic mass is 16.5. The van der Waals surface area contributed by atoms with Gasteiger partial charge in [0, 0.05) is 23.3 Å².